The zero-order chi connectivity index (χ0) is 34.5. The molecule has 0 aliphatic heterocycles. The number of nitrogens with one attached hydrogen (secondary N) is 1. The Morgan fingerprint density at radius 1 is 0.875 bits per heavy atom. The normalized spacial score (nSPS) is 12.0. The first-order valence-electron chi connectivity index (χ1n) is 17.1. The van der Waals surface area contributed by atoms with Gasteiger partial charge in [-0.2, -0.15) is 0 Å². The molecule has 48 heavy (non-hydrogen) atoms. The first-order chi connectivity index (χ1) is 23.1. The number of benzene rings is 2. The molecule has 0 aliphatic carbocycles. The van der Waals surface area contributed by atoms with Crippen molar-refractivity contribution in [2.45, 2.75) is 84.6 Å². The molecule has 1 atom stereocenters. The van der Waals surface area contributed by atoms with E-state index in [1.54, 1.807) is 4.90 Å². The Balaban J connectivity index is 1.41. The summed E-state index contributed by atoms with van der Waals surface area (Å²) in [6, 6.07) is 18.8. The summed E-state index contributed by atoms with van der Waals surface area (Å²) in [4.78, 5) is 39.3. The van der Waals surface area contributed by atoms with Crippen LogP contribution in [0.1, 0.15) is 86.8 Å². The number of amides is 2. The van der Waals surface area contributed by atoms with Crippen LogP contribution in [-0.2, 0) is 16.6 Å². The second kappa shape index (κ2) is 17.9. The maximum Gasteiger partial charge on any atom is 0.262 e. The molecule has 0 unspecified atom stereocenters. The number of aromatic nitrogens is 2. The number of thiophene rings is 1. The number of nitrogens with zero attached hydrogens (tertiary/aromatic N) is 3. The molecule has 0 saturated carbocycles. The molecule has 0 bridgehead atoms. The number of rotatable bonds is 17. The van der Waals surface area contributed by atoms with E-state index in [1.807, 2.05) is 80.0 Å². The SMILES string of the molecule is CCCCCCCOc1ccc(-c2cnc(-c3ccc(C[C@H](NC(=O)c4ccc(C(C)(C)C)s4)C(=O)N(CC)CCO)cc3)nc2)cc1. The molecule has 0 saturated heterocycles. The van der Waals surface area contributed by atoms with E-state index in [0.717, 1.165) is 45.9 Å². The van der Waals surface area contributed by atoms with Gasteiger partial charge >= 0.3 is 0 Å². The van der Waals surface area contributed by atoms with Crippen LogP contribution in [0.3, 0.4) is 0 Å². The minimum atomic E-state index is -0.784. The van der Waals surface area contributed by atoms with E-state index in [4.69, 9.17) is 4.74 Å². The summed E-state index contributed by atoms with van der Waals surface area (Å²) >= 11 is 1.44. The topological polar surface area (TPSA) is 105 Å². The van der Waals surface area contributed by atoms with Crippen molar-refractivity contribution in [3.8, 4) is 28.3 Å². The van der Waals surface area contributed by atoms with Crippen LogP contribution >= 0.6 is 11.3 Å². The second-order valence-electron chi connectivity index (χ2n) is 13.1. The number of unbranched alkanes of at least 4 members (excludes halogenated alkanes) is 4. The monoisotopic (exact) mass is 670 g/mol. The van der Waals surface area contributed by atoms with Gasteiger partial charge in [0.2, 0.25) is 5.91 Å². The molecule has 2 aromatic carbocycles. The standard InChI is InChI=1S/C39H50N4O4S/c1-6-8-9-10-11-24-47-32-18-16-29(17-19-32)31-26-40-36(41-27-31)30-14-12-28(13-15-30)25-33(38(46)43(7-2)22-23-44)42-37(45)34-20-21-35(48-34)39(3,4)5/h12-21,26-27,33,44H,6-11,22-25H2,1-5H3,(H,42,45)/t33-/m0/s1. The van der Waals surface area contributed by atoms with Gasteiger partial charge in [0.25, 0.3) is 5.91 Å². The number of hydrogen-bond donors (Lipinski definition) is 2. The van der Waals surface area contributed by atoms with Gasteiger partial charge in [0.05, 0.1) is 18.1 Å². The molecule has 0 fully saturated rings. The van der Waals surface area contributed by atoms with Crippen molar-refractivity contribution in [1.29, 1.82) is 0 Å². The average molecular weight is 671 g/mol. The van der Waals surface area contributed by atoms with Gasteiger partial charge in [0, 0.05) is 47.9 Å². The van der Waals surface area contributed by atoms with Gasteiger partial charge in [-0.3, -0.25) is 9.59 Å². The molecule has 0 radical (unpaired) electrons. The predicted octanol–water partition coefficient (Wildman–Crippen LogP) is 7.70. The Bertz CT molecular complexity index is 1580. The van der Waals surface area contributed by atoms with Gasteiger partial charge in [-0.15, -0.1) is 11.3 Å². The first kappa shape index (κ1) is 36.8. The number of likely N-dealkylation sites (N-methyl/N-ethyl adjacent to an activating group) is 1. The maximum absolute atomic E-state index is 13.5. The van der Waals surface area contributed by atoms with Crippen LogP contribution in [0.25, 0.3) is 22.5 Å². The highest BCUT2D eigenvalue weighted by Gasteiger charge is 2.27. The van der Waals surface area contributed by atoms with Crippen molar-refractivity contribution < 1.29 is 19.4 Å². The van der Waals surface area contributed by atoms with Crippen LogP contribution in [0.5, 0.6) is 5.75 Å². The van der Waals surface area contributed by atoms with Crippen molar-refractivity contribution in [2.75, 3.05) is 26.3 Å². The quantitative estimate of drug-likeness (QED) is 0.112. The van der Waals surface area contributed by atoms with Crippen LogP contribution in [0.2, 0.25) is 0 Å². The van der Waals surface area contributed by atoms with E-state index >= 15 is 0 Å². The zero-order valence-corrected chi connectivity index (χ0v) is 29.8. The lowest BCUT2D eigenvalue weighted by molar-refractivity contribution is -0.133. The first-order valence-corrected chi connectivity index (χ1v) is 17.9. The van der Waals surface area contributed by atoms with Crippen molar-refractivity contribution in [2.24, 2.45) is 0 Å². The van der Waals surface area contributed by atoms with Crippen LogP contribution < -0.4 is 10.1 Å². The average Bonchev–Trinajstić information content (AvgIpc) is 3.61. The van der Waals surface area contributed by atoms with Crippen LogP contribution in [-0.4, -0.2) is 64.1 Å². The number of aliphatic hydroxyl groups is 1. The largest absolute Gasteiger partial charge is 0.494 e. The van der Waals surface area contributed by atoms with Crippen LogP contribution in [0, 0.1) is 0 Å². The molecule has 256 valence electrons. The molecule has 9 heteroatoms. The summed E-state index contributed by atoms with van der Waals surface area (Å²) < 4.78 is 5.90. The Morgan fingerprint density at radius 3 is 2.15 bits per heavy atom. The van der Waals surface area contributed by atoms with E-state index in [0.29, 0.717) is 23.7 Å². The Kier molecular flexibility index (Phi) is 13.7. The highest BCUT2D eigenvalue weighted by molar-refractivity contribution is 7.14. The van der Waals surface area contributed by atoms with E-state index in [-0.39, 0.29) is 30.4 Å². The van der Waals surface area contributed by atoms with Gasteiger partial charge < -0.3 is 20.1 Å². The van der Waals surface area contributed by atoms with Gasteiger partial charge in [0.15, 0.2) is 5.82 Å². The van der Waals surface area contributed by atoms with Crippen molar-refractivity contribution >= 4 is 23.2 Å². The Morgan fingerprint density at radius 2 is 1.54 bits per heavy atom. The number of carbonyl (C=O) groups excluding carboxylic acids is 2. The Hall–Kier alpha value is -4.08. The Labute approximate surface area is 289 Å². The molecule has 2 amide bonds. The number of ether oxygens (including phenoxy) is 1. The number of aliphatic hydroxyl groups excluding tert-OH is 1. The minimum Gasteiger partial charge on any atom is -0.494 e. The number of hydrogen-bond acceptors (Lipinski definition) is 7. The fourth-order valence-electron chi connectivity index (χ4n) is 5.35. The second-order valence-corrected chi connectivity index (χ2v) is 14.1. The summed E-state index contributed by atoms with van der Waals surface area (Å²) in [7, 11) is 0. The fraction of sp³-hybridized carbons (Fsp3) is 0.436. The molecular formula is C39H50N4O4S. The molecule has 2 N–H and O–H groups in total. The van der Waals surface area contributed by atoms with Crippen molar-refractivity contribution in [1.82, 2.24) is 20.2 Å². The third kappa shape index (κ3) is 10.5. The van der Waals surface area contributed by atoms with Crippen LogP contribution in [0.15, 0.2) is 73.1 Å². The highest BCUT2D eigenvalue weighted by atomic mass is 32.1. The maximum atomic E-state index is 13.5. The number of carbonyl (C=O) groups is 2. The zero-order valence-electron chi connectivity index (χ0n) is 29.0. The molecule has 2 aromatic heterocycles. The minimum absolute atomic E-state index is 0.0714. The molecule has 8 nitrogen and oxygen atoms in total. The lowest BCUT2D eigenvalue weighted by Gasteiger charge is -2.26. The molecule has 4 rings (SSSR count). The van der Waals surface area contributed by atoms with E-state index in [9.17, 15) is 14.7 Å². The van der Waals surface area contributed by atoms with Crippen molar-refractivity contribution in [3.63, 3.8) is 0 Å². The van der Waals surface area contributed by atoms with E-state index in [2.05, 4.69) is 43.0 Å². The van der Waals surface area contributed by atoms with Gasteiger partial charge in [-0.25, -0.2) is 9.97 Å². The van der Waals surface area contributed by atoms with Crippen molar-refractivity contribution in [3.05, 3.63) is 88.4 Å². The lowest BCUT2D eigenvalue weighted by Crippen LogP contribution is -2.50. The smallest absolute Gasteiger partial charge is 0.262 e. The summed E-state index contributed by atoms with van der Waals surface area (Å²) in [6.07, 6.45) is 10.0. The fourth-order valence-corrected chi connectivity index (χ4v) is 6.32. The summed E-state index contributed by atoms with van der Waals surface area (Å²) in [5.41, 5.74) is 3.60. The van der Waals surface area contributed by atoms with Crippen LogP contribution in [0.4, 0.5) is 0 Å². The molecule has 0 aliphatic rings. The highest BCUT2D eigenvalue weighted by Crippen LogP contribution is 2.30. The van der Waals surface area contributed by atoms with Gasteiger partial charge in [-0.1, -0.05) is 89.8 Å². The summed E-state index contributed by atoms with van der Waals surface area (Å²) in [5, 5.41) is 12.5. The third-order valence-corrected chi connectivity index (χ3v) is 9.75. The molecule has 4 aromatic rings. The lowest BCUT2D eigenvalue weighted by atomic mass is 9.95. The molecule has 0 spiro atoms. The molecular weight excluding hydrogens is 621 g/mol. The predicted molar refractivity (Wildman–Crippen MR) is 194 cm³/mol. The van der Waals surface area contributed by atoms with E-state index in [1.165, 1.54) is 37.0 Å². The van der Waals surface area contributed by atoms with Gasteiger partial charge in [-0.05, 0) is 54.2 Å². The summed E-state index contributed by atoms with van der Waals surface area (Å²) in [6.45, 7) is 11.6. The third-order valence-electron chi connectivity index (χ3n) is 8.24. The molecule has 2 heterocycles. The van der Waals surface area contributed by atoms with Gasteiger partial charge in [0.1, 0.15) is 11.8 Å². The summed E-state index contributed by atoms with van der Waals surface area (Å²) in [5.74, 6) is 0.963. The van der Waals surface area contributed by atoms with E-state index < -0.39 is 6.04 Å².